The predicted octanol–water partition coefficient (Wildman–Crippen LogP) is 3.18. The van der Waals surface area contributed by atoms with E-state index in [2.05, 4.69) is 46.7 Å². The van der Waals surface area contributed by atoms with Crippen LogP contribution in [0.15, 0.2) is 22.5 Å². The number of nitrogens with zero attached hydrogens (tertiary/aromatic N) is 2. The normalized spacial score (nSPS) is 18.2. The van der Waals surface area contributed by atoms with Gasteiger partial charge in [-0.05, 0) is 36.6 Å². The minimum atomic E-state index is 0.514. The quantitative estimate of drug-likeness (QED) is 0.645. The Morgan fingerprint density at radius 3 is 2.91 bits per heavy atom. The second-order valence-corrected chi connectivity index (χ2v) is 7.09. The molecule has 0 aliphatic carbocycles. The van der Waals surface area contributed by atoms with E-state index in [1.807, 2.05) is 18.4 Å². The standard InChI is InChI=1S/C17H29N3OS/c1-14(16-5-4-12-22-16)13-19-17(18-2)20(3)9-6-15-7-10-21-11-8-15/h4-5,12,14-15H,6-11,13H2,1-3H3,(H,18,19). The van der Waals surface area contributed by atoms with E-state index in [1.54, 1.807) is 0 Å². The highest BCUT2D eigenvalue weighted by atomic mass is 32.1. The summed E-state index contributed by atoms with van der Waals surface area (Å²) in [7, 11) is 3.99. The van der Waals surface area contributed by atoms with E-state index in [4.69, 9.17) is 4.74 Å². The molecule has 1 saturated heterocycles. The highest BCUT2D eigenvalue weighted by Gasteiger charge is 2.16. The van der Waals surface area contributed by atoms with Crippen molar-refractivity contribution in [3.05, 3.63) is 22.4 Å². The molecule has 1 N–H and O–H groups in total. The Morgan fingerprint density at radius 2 is 2.27 bits per heavy atom. The van der Waals surface area contributed by atoms with Crippen LogP contribution in [0.5, 0.6) is 0 Å². The molecule has 0 bridgehead atoms. The summed E-state index contributed by atoms with van der Waals surface area (Å²) < 4.78 is 5.43. The SMILES string of the molecule is CN=C(NCC(C)c1cccs1)N(C)CCC1CCOCC1. The average Bonchev–Trinajstić information content (AvgIpc) is 3.09. The smallest absolute Gasteiger partial charge is 0.193 e. The van der Waals surface area contributed by atoms with Gasteiger partial charge in [-0.2, -0.15) is 0 Å². The topological polar surface area (TPSA) is 36.9 Å². The van der Waals surface area contributed by atoms with Crippen LogP contribution in [0.4, 0.5) is 0 Å². The van der Waals surface area contributed by atoms with Crippen LogP contribution < -0.4 is 5.32 Å². The molecule has 1 fully saturated rings. The fraction of sp³-hybridized carbons (Fsp3) is 0.706. The van der Waals surface area contributed by atoms with Crippen LogP contribution in [0.2, 0.25) is 0 Å². The molecule has 2 heterocycles. The van der Waals surface area contributed by atoms with Crippen molar-refractivity contribution < 1.29 is 4.74 Å². The van der Waals surface area contributed by atoms with Crippen LogP contribution in [-0.4, -0.2) is 51.3 Å². The zero-order valence-electron chi connectivity index (χ0n) is 14.0. The molecule has 2 rings (SSSR count). The van der Waals surface area contributed by atoms with Gasteiger partial charge in [0.2, 0.25) is 0 Å². The number of hydrogen-bond acceptors (Lipinski definition) is 3. The average molecular weight is 324 g/mol. The highest BCUT2D eigenvalue weighted by Crippen LogP contribution is 2.20. The van der Waals surface area contributed by atoms with E-state index >= 15 is 0 Å². The lowest BCUT2D eigenvalue weighted by molar-refractivity contribution is 0.0625. The number of ether oxygens (including phenoxy) is 1. The van der Waals surface area contributed by atoms with E-state index < -0.39 is 0 Å². The first kappa shape index (κ1) is 17.3. The molecule has 1 aliphatic rings. The molecule has 124 valence electrons. The Morgan fingerprint density at radius 1 is 1.50 bits per heavy atom. The van der Waals surface area contributed by atoms with Gasteiger partial charge in [-0.25, -0.2) is 0 Å². The summed E-state index contributed by atoms with van der Waals surface area (Å²) in [6.07, 6.45) is 3.63. The van der Waals surface area contributed by atoms with Crippen molar-refractivity contribution in [2.75, 3.05) is 40.4 Å². The summed E-state index contributed by atoms with van der Waals surface area (Å²) in [5.74, 6) is 2.32. The molecule has 1 aromatic heterocycles. The van der Waals surface area contributed by atoms with Gasteiger partial charge in [0.25, 0.3) is 0 Å². The number of hydrogen-bond donors (Lipinski definition) is 1. The molecule has 1 unspecified atom stereocenters. The number of rotatable bonds is 6. The van der Waals surface area contributed by atoms with Gasteiger partial charge in [0, 0.05) is 51.2 Å². The van der Waals surface area contributed by atoms with Crippen LogP contribution in [-0.2, 0) is 4.74 Å². The second-order valence-electron chi connectivity index (χ2n) is 6.11. The first-order valence-corrected chi connectivity index (χ1v) is 9.11. The molecule has 22 heavy (non-hydrogen) atoms. The van der Waals surface area contributed by atoms with Crippen molar-refractivity contribution in [3.8, 4) is 0 Å². The minimum absolute atomic E-state index is 0.514. The molecule has 0 saturated carbocycles. The monoisotopic (exact) mass is 323 g/mol. The number of guanidine groups is 1. The molecule has 0 aromatic carbocycles. The summed E-state index contributed by atoms with van der Waals surface area (Å²) in [6, 6.07) is 4.32. The van der Waals surface area contributed by atoms with Crippen LogP contribution >= 0.6 is 11.3 Å². The van der Waals surface area contributed by atoms with Crippen molar-refractivity contribution in [2.45, 2.75) is 32.1 Å². The molecule has 1 aromatic rings. The lowest BCUT2D eigenvalue weighted by Crippen LogP contribution is -2.41. The van der Waals surface area contributed by atoms with E-state index in [1.165, 1.54) is 24.1 Å². The van der Waals surface area contributed by atoms with E-state index in [0.717, 1.165) is 38.2 Å². The zero-order chi connectivity index (χ0) is 15.8. The largest absolute Gasteiger partial charge is 0.381 e. The Balaban J connectivity index is 1.73. The maximum atomic E-state index is 5.43. The third kappa shape index (κ3) is 5.29. The van der Waals surface area contributed by atoms with Gasteiger partial charge in [-0.1, -0.05) is 13.0 Å². The summed E-state index contributed by atoms with van der Waals surface area (Å²) in [5, 5.41) is 5.64. The van der Waals surface area contributed by atoms with Gasteiger partial charge in [0.15, 0.2) is 5.96 Å². The Labute approximate surface area is 138 Å². The molecule has 0 radical (unpaired) electrons. The number of thiophene rings is 1. The van der Waals surface area contributed by atoms with Crippen LogP contribution in [0.25, 0.3) is 0 Å². The first-order valence-electron chi connectivity index (χ1n) is 8.23. The Hall–Kier alpha value is -1.07. The third-order valence-electron chi connectivity index (χ3n) is 4.38. The third-order valence-corrected chi connectivity index (χ3v) is 5.49. The van der Waals surface area contributed by atoms with Crippen LogP contribution in [0.1, 0.15) is 37.0 Å². The summed E-state index contributed by atoms with van der Waals surface area (Å²) in [5.41, 5.74) is 0. The van der Waals surface area contributed by atoms with Crippen molar-refractivity contribution in [2.24, 2.45) is 10.9 Å². The maximum Gasteiger partial charge on any atom is 0.193 e. The molecule has 1 atom stereocenters. The predicted molar refractivity (Wildman–Crippen MR) is 94.9 cm³/mol. The minimum Gasteiger partial charge on any atom is -0.381 e. The Kier molecular flexibility index (Phi) is 7.19. The molecular weight excluding hydrogens is 294 g/mol. The fourth-order valence-electron chi connectivity index (χ4n) is 2.82. The molecule has 4 nitrogen and oxygen atoms in total. The molecule has 0 amide bonds. The van der Waals surface area contributed by atoms with E-state index in [0.29, 0.717) is 5.92 Å². The van der Waals surface area contributed by atoms with Gasteiger partial charge < -0.3 is 15.0 Å². The zero-order valence-corrected chi connectivity index (χ0v) is 14.9. The lowest BCUT2D eigenvalue weighted by atomic mass is 9.96. The summed E-state index contributed by atoms with van der Waals surface area (Å²) in [6.45, 7) is 6.10. The summed E-state index contributed by atoms with van der Waals surface area (Å²) in [4.78, 5) is 8.09. The molecule has 5 heteroatoms. The van der Waals surface area contributed by atoms with Crippen LogP contribution in [0.3, 0.4) is 0 Å². The number of nitrogens with one attached hydrogen (secondary N) is 1. The molecule has 1 aliphatic heterocycles. The van der Waals surface area contributed by atoms with Crippen LogP contribution in [0, 0.1) is 5.92 Å². The first-order chi connectivity index (χ1) is 10.7. The lowest BCUT2D eigenvalue weighted by Gasteiger charge is -2.27. The van der Waals surface area contributed by atoms with Gasteiger partial charge in [0.05, 0.1) is 0 Å². The van der Waals surface area contributed by atoms with E-state index in [-0.39, 0.29) is 0 Å². The van der Waals surface area contributed by atoms with Gasteiger partial charge in [-0.3, -0.25) is 4.99 Å². The highest BCUT2D eigenvalue weighted by molar-refractivity contribution is 7.10. The van der Waals surface area contributed by atoms with Gasteiger partial charge in [0.1, 0.15) is 0 Å². The second kappa shape index (κ2) is 9.16. The van der Waals surface area contributed by atoms with E-state index in [9.17, 15) is 0 Å². The van der Waals surface area contributed by atoms with Crippen molar-refractivity contribution in [3.63, 3.8) is 0 Å². The molecular formula is C17H29N3OS. The van der Waals surface area contributed by atoms with Gasteiger partial charge >= 0.3 is 0 Å². The summed E-state index contributed by atoms with van der Waals surface area (Å²) >= 11 is 1.82. The maximum absolute atomic E-state index is 5.43. The van der Waals surface area contributed by atoms with Gasteiger partial charge in [-0.15, -0.1) is 11.3 Å². The van der Waals surface area contributed by atoms with Crippen molar-refractivity contribution in [1.29, 1.82) is 0 Å². The van der Waals surface area contributed by atoms with Crippen molar-refractivity contribution >= 4 is 17.3 Å². The van der Waals surface area contributed by atoms with Crippen molar-refractivity contribution in [1.82, 2.24) is 10.2 Å². The fourth-order valence-corrected chi connectivity index (χ4v) is 3.61. The molecule has 0 spiro atoms. The number of aliphatic imine (C=N–C) groups is 1. The Bertz CT molecular complexity index is 441.